The Balaban J connectivity index is 2.13. The first-order chi connectivity index (χ1) is 8.29. The van der Waals surface area contributed by atoms with Gasteiger partial charge in [-0.1, -0.05) is 0 Å². The van der Waals surface area contributed by atoms with Gasteiger partial charge in [0.15, 0.2) is 5.75 Å². The van der Waals surface area contributed by atoms with Crippen molar-refractivity contribution in [3.05, 3.63) is 17.7 Å². The highest BCUT2D eigenvalue weighted by molar-refractivity contribution is 5.73. The molecule has 0 saturated carbocycles. The van der Waals surface area contributed by atoms with E-state index in [4.69, 9.17) is 20.5 Å². The van der Waals surface area contributed by atoms with Crippen LogP contribution in [0.5, 0.6) is 5.75 Å². The maximum Gasteiger partial charge on any atom is 0.162 e. The summed E-state index contributed by atoms with van der Waals surface area (Å²) in [6.07, 6.45) is 0.0731. The van der Waals surface area contributed by atoms with Gasteiger partial charge in [0.1, 0.15) is 24.3 Å². The van der Waals surface area contributed by atoms with Gasteiger partial charge in [0.2, 0.25) is 0 Å². The van der Waals surface area contributed by atoms with E-state index in [1.165, 1.54) is 0 Å². The SMILES string of the molecule is N#Cc1c(N)ccc2c1OC[C@H]1CN2CCO1. The van der Waals surface area contributed by atoms with E-state index in [1.54, 1.807) is 6.07 Å². The summed E-state index contributed by atoms with van der Waals surface area (Å²) in [4.78, 5) is 2.19. The lowest BCUT2D eigenvalue weighted by atomic mass is 10.1. The molecule has 2 bridgehead atoms. The Morgan fingerprint density at radius 3 is 3.18 bits per heavy atom. The van der Waals surface area contributed by atoms with E-state index in [9.17, 15) is 0 Å². The zero-order valence-electron chi connectivity index (χ0n) is 9.35. The molecule has 0 aliphatic carbocycles. The van der Waals surface area contributed by atoms with Crippen molar-refractivity contribution in [1.29, 1.82) is 5.26 Å². The first kappa shape index (κ1) is 10.2. The van der Waals surface area contributed by atoms with E-state index in [0.717, 1.165) is 18.8 Å². The summed E-state index contributed by atoms with van der Waals surface area (Å²) < 4.78 is 11.3. The molecule has 0 amide bonds. The molecule has 0 spiro atoms. The van der Waals surface area contributed by atoms with E-state index in [-0.39, 0.29) is 6.10 Å². The predicted octanol–water partition coefficient (Wildman–Crippen LogP) is 0.738. The summed E-state index contributed by atoms with van der Waals surface area (Å²) in [5.41, 5.74) is 7.63. The van der Waals surface area contributed by atoms with E-state index < -0.39 is 0 Å². The topological polar surface area (TPSA) is 71.5 Å². The van der Waals surface area contributed by atoms with Crippen molar-refractivity contribution in [1.82, 2.24) is 0 Å². The average molecular weight is 231 g/mol. The van der Waals surface area contributed by atoms with Gasteiger partial charge < -0.3 is 20.1 Å². The van der Waals surface area contributed by atoms with Crippen molar-refractivity contribution >= 4 is 11.4 Å². The fourth-order valence-corrected chi connectivity index (χ4v) is 2.31. The standard InChI is InChI=1S/C12H13N3O2/c13-5-9-10(14)1-2-11-12(9)17-7-8-6-15(11)3-4-16-8/h1-2,8H,3-4,6-7,14H2/t8-/m1/s1. The molecule has 1 atom stereocenters. The number of hydrogen-bond acceptors (Lipinski definition) is 5. The van der Waals surface area contributed by atoms with Crippen molar-refractivity contribution < 1.29 is 9.47 Å². The first-order valence-electron chi connectivity index (χ1n) is 5.61. The number of fused-ring (bicyclic) bond motifs is 4. The highest BCUT2D eigenvalue weighted by Gasteiger charge is 2.29. The minimum Gasteiger partial charge on any atom is -0.487 e. The van der Waals surface area contributed by atoms with Gasteiger partial charge in [0.05, 0.1) is 18.0 Å². The van der Waals surface area contributed by atoms with Crippen LogP contribution in [0.15, 0.2) is 12.1 Å². The van der Waals surface area contributed by atoms with Crippen LogP contribution in [0, 0.1) is 11.3 Å². The number of benzene rings is 1. The van der Waals surface area contributed by atoms with Gasteiger partial charge in [-0.3, -0.25) is 0 Å². The number of ether oxygens (including phenoxy) is 2. The Bertz CT molecular complexity index is 495. The van der Waals surface area contributed by atoms with E-state index in [0.29, 0.717) is 30.2 Å². The summed E-state index contributed by atoms with van der Waals surface area (Å²) in [7, 11) is 0. The second kappa shape index (κ2) is 3.82. The Labute approximate surface area is 99.3 Å². The van der Waals surface area contributed by atoms with Crippen molar-refractivity contribution in [2.75, 3.05) is 36.9 Å². The van der Waals surface area contributed by atoms with Crippen LogP contribution in [0.4, 0.5) is 11.4 Å². The third kappa shape index (κ3) is 1.58. The lowest BCUT2D eigenvalue weighted by Gasteiger charge is -2.31. The minimum absolute atomic E-state index is 0.0731. The van der Waals surface area contributed by atoms with Crippen molar-refractivity contribution in [3.63, 3.8) is 0 Å². The number of nitrogens with zero attached hydrogens (tertiary/aromatic N) is 2. The van der Waals surface area contributed by atoms with Crippen LogP contribution < -0.4 is 15.4 Å². The van der Waals surface area contributed by atoms with Gasteiger partial charge in [0.25, 0.3) is 0 Å². The molecule has 2 N–H and O–H groups in total. The maximum atomic E-state index is 9.15. The maximum absolute atomic E-state index is 9.15. The predicted molar refractivity (Wildman–Crippen MR) is 63.0 cm³/mol. The van der Waals surface area contributed by atoms with Gasteiger partial charge in [0, 0.05) is 13.1 Å². The molecule has 5 heteroatoms. The molecule has 1 aromatic carbocycles. The Hall–Kier alpha value is -1.93. The summed E-state index contributed by atoms with van der Waals surface area (Å²) in [5, 5.41) is 9.15. The van der Waals surface area contributed by atoms with Crippen molar-refractivity contribution in [2.45, 2.75) is 6.10 Å². The molecule has 5 nitrogen and oxygen atoms in total. The van der Waals surface area contributed by atoms with Gasteiger partial charge >= 0.3 is 0 Å². The normalized spacial score (nSPS) is 22.1. The molecule has 1 aromatic rings. The fourth-order valence-electron chi connectivity index (χ4n) is 2.31. The molecule has 88 valence electrons. The third-order valence-corrected chi connectivity index (χ3v) is 3.17. The molecule has 0 aromatic heterocycles. The van der Waals surface area contributed by atoms with Crippen molar-refractivity contribution in [2.24, 2.45) is 0 Å². The summed E-state index contributed by atoms with van der Waals surface area (Å²) in [6, 6.07) is 5.79. The lowest BCUT2D eigenvalue weighted by molar-refractivity contribution is 0.0158. The van der Waals surface area contributed by atoms with Gasteiger partial charge in [-0.15, -0.1) is 0 Å². The highest BCUT2D eigenvalue weighted by Crippen LogP contribution is 2.38. The van der Waals surface area contributed by atoms with Crippen LogP contribution in [0.25, 0.3) is 0 Å². The van der Waals surface area contributed by atoms with Crippen LogP contribution in [0.2, 0.25) is 0 Å². The number of morpholine rings is 1. The number of nitrogens with two attached hydrogens (primary N) is 1. The number of nitriles is 1. The van der Waals surface area contributed by atoms with E-state index >= 15 is 0 Å². The van der Waals surface area contributed by atoms with E-state index in [2.05, 4.69) is 11.0 Å². The molecule has 1 fully saturated rings. The van der Waals surface area contributed by atoms with Crippen LogP contribution in [0.3, 0.4) is 0 Å². The minimum atomic E-state index is 0.0731. The molecular formula is C12H13N3O2. The Kier molecular flexibility index (Phi) is 2.30. The zero-order valence-corrected chi connectivity index (χ0v) is 9.35. The quantitative estimate of drug-likeness (QED) is 0.667. The summed E-state index contributed by atoms with van der Waals surface area (Å²) >= 11 is 0. The fraction of sp³-hybridized carbons (Fsp3) is 0.417. The van der Waals surface area contributed by atoms with Gasteiger partial charge in [-0.05, 0) is 12.1 Å². The Morgan fingerprint density at radius 2 is 2.35 bits per heavy atom. The molecule has 1 saturated heterocycles. The largest absolute Gasteiger partial charge is 0.487 e. The number of rotatable bonds is 0. The molecule has 0 unspecified atom stereocenters. The highest BCUT2D eigenvalue weighted by atomic mass is 16.5. The van der Waals surface area contributed by atoms with Crippen LogP contribution in [0.1, 0.15) is 5.56 Å². The summed E-state index contributed by atoms with van der Waals surface area (Å²) in [5.74, 6) is 0.598. The van der Waals surface area contributed by atoms with Gasteiger partial charge in [-0.2, -0.15) is 5.26 Å². The van der Waals surface area contributed by atoms with Crippen LogP contribution in [-0.2, 0) is 4.74 Å². The number of nitrogen functional groups attached to an aromatic ring is 1. The average Bonchev–Trinajstić information content (AvgIpc) is 2.47. The molecule has 17 heavy (non-hydrogen) atoms. The lowest BCUT2D eigenvalue weighted by Crippen LogP contribution is -2.43. The van der Waals surface area contributed by atoms with Crippen molar-refractivity contribution in [3.8, 4) is 11.8 Å². The smallest absolute Gasteiger partial charge is 0.162 e. The summed E-state index contributed by atoms with van der Waals surface area (Å²) in [6.45, 7) is 2.80. The molecule has 2 aliphatic heterocycles. The molecule has 2 heterocycles. The second-order valence-electron chi connectivity index (χ2n) is 4.24. The zero-order chi connectivity index (χ0) is 11.8. The second-order valence-corrected chi connectivity index (χ2v) is 4.24. The van der Waals surface area contributed by atoms with Crippen LogP contribution in [-0.4, -0.2) is 32.4 Å². The molecule has 2 aliphatic rings. The van der Waals surface area contributed by atoms with Crippen LogP contribution >= 0.6 is 0 Å². The monoisotopic (exact) mass is 231 g/mol. The van der Waals surface area contributed by atoms with Gasteiger partial charge in [-0.25, -0.2) is 0 Å². The third-order valence-electron chi connectivity index (χ3n) is 3.17. The molecular weight excluding hydrogens is 218 g/mol. The number of anilines is 2. The Morgan fingerprint density at radius 1 is 1.47 bits per heavy atom. The number of hydrogen-bond donors (Lipinski definition) is 1. The molecule has 0 radical (unpaired) electrons. The molecule has 3 rings (SSSR count). The van der Waals surface area contributed by atoms with E-state index in [1.807, 2.05) is 6.07 Å². The first-order valence-corrected chi connectivity index (χ1v) is 5.61.